The molecule has 2 aliphatic heterocycles. The van der Waals surface area contributed by atoms with E-state index in [0.29, 0.717) is 5.92 Å². The Bertz CT molecular complexity index is 2180. The molecule has 2 aliphatic carbocycles. The fourth-order valence-corrected chi connectivity index (χ4v) is 10.5. The Morgan fingerprint density at radius 3 is 2.25 bits per heavy atom. The van der Waals surface area contributed by atoms with E-state index in [9.17, 15) is 0 Å². The molecule has 2 nitrogen and oxygen atoms in total. The van der Waals surface area contributed by atoms with Crippen molar-refractivity contribution in [2.75, 3.05) is 9.80 Å². The summed E-state index contributed by atoms with van der Waals surface area (Å²) >= 11 is 2.03. The van der Waals surface area contributed by atoms with Gasteiger partial charge >= 0.3 is 0 Å². The number of benzene rings is 4. The molecule has 0 radical (unpaired) electrons. The predicted octanol–water partition coefficient (Wildman–Crippen LogP) is 10.7. The minimum absolute atomic E-state index is 0.129. The van der Waals surface area contributed by atoms with E-state index in [-0.39, 0.29) is 23.6 Å². The molecule has 0 fully saturated rings. The lowest BCUT2D eigenvalue weighted by molar-refractivity contribution is 0.332. The van der Waals surface area contributed by atoms with Crippen LogP contribution in [0.25, 0.3) is 10.1 Å². The van der Waals surface area contributed by atoms with Crippen molar-refractivity contribution in [2.24, 2.45) is 0 Å². The van der Waals surface area contributed by atoms with E-state index in [4.69, 9.17) is 0 Å². The molecule has 4 aromatic carbocycles. The van der Waals surface area contributed by atoms with Gasteiger partial charge in [-0.25, -0.2) is 0 Å². The van der Waals surface area contributed by atoms with Gasteiger partial charge in [-0.1, -0.05) is 96.1 Å². The standard InChI is InChI=1S/C44H45BN2S/c1-27(2)29-20-21-39-31(24-29)41-42(48-39)45-34-25-32-33(44(6,7)23-22-43(32,4)5)26-38(34)47(35-17-12-11-14-28(35)3)37-19-13-18-36(40(37)45)46(41)30-15-9-8-10-16-30/h8-17,19-21,24-27,36H,18,22-23H2,1-7H3. The van der Waals surface area contributed by atoms with Crippen molar-refractivity contribution >= 4 is 61.1 Å². The molecule has 4 heteroatoms. The number of thiophene rings is 1. The highest BCUT2D eigenvalue weighted by Crippen LogP contribution is 2.52. The zero-order chi connectivity index (χ0) is 33.1. The Morgan fingerprint density at radius 2 is 1.52 bits per heavy atom. The summed E-state index contributed by atoms with van der Waals surface area (Å²) in [5, 5.41) is 1.41. The molecule has 0 N–H and O–H groups in total. The first-order valence-corrected chi connectivity index (χ1v) is 18.7. The molecule has 4 aliphatic rings. The Balaban J connectivity index is 1.42. The molecule has 240 valence electrons. The molecular weight excluding hydrogens is 599 g/mol. The van der Waals surface area contributed by atoms with Crippen LogP contribution in [-0.4, -0.2) is 12.8 Å². The van der Waals surface area contributed by atoms with E-state index in [1.165, 1.54) is 78.3 Å². The number of fused-ring (bicyclic) bond motifs is 7. The lowest BCUT2D eigenvalue weighted by Gasteiger charge is -2.50. The summed E-state index contributed by atoms with van der Waals surface area (Å²) in [7, 11) is 0. The third-order valence-electron chi connectivity index (χ3n) is 12.0. The monoisotopic (exact) mass is 644 g/mol. The van der Waals surface area contributed by atoms with Gasteiger partial charge < -0.3 is 9.80 Å². The first kappa shape index (κ1) is 30.1. The zero-order valence-electron chi connectivity index (χ0n) is 29.4. The maximum Gasteiger partial charge on any atom is 0.259 e. The summed E-state index contributed by atoms with van der Waals surface area (Å²) < 4.78 is 2.88. The molecule has 1 unspecified atom stereocenters. The molecule has 5 aromatic rings. The van der Waals surface area contributed by atoms with E-state index < -0.39 is 0 Å². The number of hydrogen-bond donors (Lipinski definition) is 0. The number of hydrogen-bond acceptors (Lipinski definition) is 3. The molecular formula is C44H45BN2S. The van der Waals surface area contributed by atoms with Crippen molar-refractivity contribution in [3.8, 4) is 0 Å². The fourth-order valence-electron chi connectivity index (χ4n) is 9.17. The van der Waals surface area contributed by atoms with E-state index in [0.717, 1.165) is 6.42 Å². The van der Waals surface area contributed by atoms with E-state index in [1.54, 1.807) is 11.0 Å². The second-order valence-corrected chi connectivity index (χ2v) is 17.3. The van der Waals surface area contributed by atoms with Crippen LogP contribution < -0.4 is 20.0 Å². The van der Waals surface area contributed by atoms with Crippen LogP contribution in [0.4, 0.5) is 22.7 Å². The largest absolute Gasteiger partial charge is 0.334 e. The predicted molar refractivity (Wildman–Crippen MR) is 209 cm³/mol. The SMILES string of the molecule is Cc1ccccc1N1C2=C3B(c4cc5c(cc41)C(C)(C)CCC5(C)C)c1sc4ccc(C(C)C)cc4c1N(c1ccccc1)C3CC=C2. The number of nitrogens with zero attached hydrogens (tertiary/aromatic N) is 2. The fraction of sp³-hybridized carbons (Fsp3) is 0.318. The normalized spacial score (nSPS) is 20.2. The second-order valence-electron chi connectivity index (χ2n) is 16.2. The molecule has 9 rings (SSSR count). The van der Waals surface area contributed by atoms with E-state index in [2.05, 4.69) is 155 Å². The zero-order valence-corrected chi connectivity index (χ0v) is 30.2. The Morgan fingerprint density at radius 1 is 0.812 bits per heavy atom. The summed E-state index contributed by atoms with van der Waals surface area (Å²) in [6.07, 6.45) is 8.30. The highest BCUT2D eigenvalue weighted by Gasteiger charge is 2.50. The van der Waals surface area contributed by atoms with Crippen LogP contribution in [0.5, 0.6) is 0 Å². The van der Waals surface area contributed by atoms with Crippen LogP contribution in [-0.2, 0) is 10.8 Å². The first-order valence-electron chi connectivity index (χ1n) is 17.9. The summed E-state index contributed by atoms with van der Waals surface area (Å²) in [4.78, 5) is 5.34. The maximum atomic E-state index is 2.71. The lowest BCUT2D eigenvalue weighted by atomic mass is 9.33. The van der Waals surface area contributed by atoms with Gasteiger partial charge in [-0.15, -0.1) is 11.3 Å². The Labute approximate surface area is 290 Å². The number of anilines is 4. The van der Waals surface area contributed by atoms with Gasteiger partial charge in [-0.2, -0.15) is 0 Å². The van der Waals surface area contributed by atoms with Gasteiger partial charge in [0, 0.05) is 37.6 Å². The lowest BCUT2D eigenvalue weighted by Crippen LogP contribution is -2.60. The number of para-hydroxylation sites is 2. The van der Waals surface area contributed by atoms with Gasteiger partial charge in [0.15, 0.2) is 0 Å². The number of aryl methyl sites for hydroxylation is 1. The van der Waals surface area contributed by atoms with E-state index in [1.807, 2.05) is 11.3 Å². The van der Waals surface area contributed by atoms with Crippen LogP contribution in [0.2, 0.25) is 0 Å². The van der Waals surface area contributed by atoms with Crippen LogP contribution in [0.15, 0.2) is 108 Å². The third-order valence-corrected chi connectivity index (χ3v) is 13.2. The molecule has 3 heterocycles. The van der Waals surface area contributed by atoms with Crippen molar-refractivity contribution in [3.63, 3.8) is 0 Å². The van der Waals surface area contributed by atoms with E-state index >= 15 is 0 Å². The smallest absolute Gasteiger partial charge is 0.259 e. The van der Waals surface area contributed by atoms with Crippen molar-refractivity contribution in [1.29, 1.82) is 0 Å². The molecule has 0 saturated heterocycles. The van der Waals surface area contributed by atoms with Gasteiger partial charge in [-0.3, -0.25) is 0 Å². The Hall–Kier alpha value is -4.02. The highest BCUT2D eigenvalue weighted by atomic mass is 32.1. The van der Waals surface area contributed by atoms with Crippen LogP contribution in [0, 0.1) is 6.92 Å². The minimum Gasteiger partial charge on any atom is -0.334 e. The minimum atomic E-state index is 0.129. The van der Waals surface area contributed by atoms with Gasteiger partial charge in [0.25, 0.3) is 6.71 Å². The molecule has 0 bridgehead atoms. The molecule has 1 atom stereocenters. The molecule has 0 amide bonds. The summed E-state index contributed by atoms with van der Waals surface area (Å²) in [5.74, 6) is 0.480. The van der Waals surface area contributed by atoms with Crippen LogP contribution in [0.1, 0.15) is 89.0 Å². The topological polar surface area (TPSA) is 6.48 Å². The first-order chi connectivity index (χ1) is 23.0. The molecule has 0 saturated carbocycles. The van der Waals surface area contributed by atoms with Crippen LogP contribution in [0.3, 0.4) is 0 Å². The summed E-state index contributed by atoms with van der Waals surface area (Å²) in [5.41, 5.74) is 15.8. The van der Waals surface area contributed by atoms with Gasteiger partial charge in [0.2, 0.25) is 0 Å². The third kappa shape index (κ3) is 4.24. The summed E-state index contributed by atoms with van der Waals surface area (Å²) in [6, 6.07) is 32.9. The summed E-state index contributed by atoms with van der Waals surface area (Å²) in [6.45, 7) is 17.0. The van der Waals surface area contributed by atoms with Crippen molar-refractivity contribution in [1.82, 2.24) is 0 Å². The van der Waals surface area contributed by atoms with Gasteiger partial charge in [-0.05, 0) is 119 Å². The molecule has 0 spiro atoms. The van der Waals surface area contributed by atoms with Crippen molar-refractivity contribution < 1.29 is 0 Å². The van der Waals surface area contributed by atoms with Crippen molar-refractivity contribution in [3.05, 3.63) is 131 Å². The van der Waals surface area contributed by atoms with Gasteiger partial charge in [0.1, 0.15) is 0 Å². The highest BCUT2D eigenvalue weighted by molar-refractivity contribution is 7.32. The average Bonchev–Trinajstić information content (AvgIpc) is 3.45. The number of allylic oxidation sites excluding steroid dienone is 1. The quantitative estimate of drug-likeness (QED) is 0.180. The maximum absolute atomic E-state index is 2.71. The van der Waals surface area contributed by atoms with Crippen LogP contribution >= 0.6 is 11.3 Å². The number of rotatable bonds is 3. The van der Waals surface area contributed by atoms with Crippen molar-refractivity contribution in [2.45, 2.75) is 90.5 Å². The molecule has 1 aromatic heterocycles. The second kappa shape index (κ2) is 10.5. The average molecular weight is 645 g/mol. The Kier molecular flexibility index (Phi) is 6.57. The molecule has 48 heavy (non-hydrogen) atoms. The van der Waals surface area contributed by atoms with Gasteiger partial charge in [0.05, 0.1) is 11.7 Å².